The largest absolute Gasteiger partial charge is 0.487 e. The number of amides is 1. The van der Waals surface area contributed by atoms with E-state index in [1.54, 1.807) is 12.1 Å². The lowest BCUT2D eigenvalue weighted by molar-refractivity contribution is -0.116. The molecule has 18 heavy (non-hydrogen) atoms. The van der Waals surface area contributed by atoms with Crippen LogP contribution in [-0.4, -0.2) is 18.6 Å². The third-order valence-electron chi connectivity index (χ3n) is 2.93. The standard InChI is InChI=1S/C13H17FN2O2/c14-11-8-9(16-13(17)6-7-15)4-5-12(11)18-10-2-1-3-10/h4-5,8,10H,1-3,6-7,15H2,(H,16,17). The highest BCUT2D eigenvalue weighted by molar-refractivity contribution is 5.90. The van der Waals surface area contributed by atoms with Gasteiger partial charge in [-0.3, -0.25) is 4.79 Å². The van der Waals surface area contributed by atoms with Crippen molar-refractivity contribution in [1.82, 2.24) is 0 Å². The third-order valence-corrected chi connectivity index (χ3v) is 2.93. The maximum atomic E-state index is 13.7. The molecule has 4 nitrogen and oxygen atoms in total. The molecule has 0 aliphatic heterocycles. The van der Waals surface area contributed by atoms with Crippen LogP contribution < -0.4 is 15.8 Å². The Balaban J connectivity index is 1.97. The topological polar surface area (TPSA) is 64.4 Å². The van der Waals surface area contributed by atoms with E-state index in [4.69, 9.17) is 10.5 Å². The normalized spacial score (nSPS) is 15.0. The molecular weight excluding hydrogens is 235 g/mol. The van der Waals surface area contributed by atoms with E-state index in [1.165, 1.54) is 6.07 Å². The molecule has 0 bridgehead atoms. The van der Waals surface area contributed by atoms with Crippen LogP contribution in [0, 0.1) is 5.82 Å². The van der Waals surface area contributed by atoms with Gasteiger partial charge in [0.25, 0.3) is 0 Å². The summed E-state index contributed by atoms with van der Waals surface area (Å²) in [4.78, 5) is 11.3. The molecule has 0 spiro atoms. The summed E-state index contributed by atoms with van der Waals surface area (Å²) in [7, 11) is 0. The van der Waals surface area contributed by atoms with Crippen LogP contribution in [0.3, 0.4) is 0 Å². The molecule has 98 valence electrons. The second-order valence-corrected chi connectivity index (χ2v) is 4.40. The van der Waals surface area contributed by atoms with Gasteiger partial charge in [-0.15, -0.1) is 0 Å². The molecule has 5 heteroatoms. The number of anilines is 1. The number of ether oxygens (including phenoxy) is 1. The van der Waals surface area contributed by atoms with Crippen molar-refractivity contribution in [3.05, 3.63) is 24.0 Å². The van der Waals surface area contributed by atoms with Crippen LogP contribution >= 0.6 is 0 Å². The molecule has 1 saturated carbocycles. The van der Waals surface area contributed by atoms with Gasteiger partial charge in [-0.1, -0.05) is 0 Å². The highest BCUT2D eigenvalue weighted by Gasteiger charge is 2.20. The minimum Gasteiger partial charge on any atom is -0.487 e. The lowest BCUT2D eigenvalue weighted by Crippen LogP contribution is -2.25. The Bertz CT molecular complexity index is 433. The second kappa shape index (κ2) is 5.82. The molecule has 0 atom stereocenters. The summed E-state index contributed by atoms with van der Waals surface area (Å²) in [5.41, 5.74) is 5.68. The van der Waals surface area contributed by atoms with Gasteiger partial charge < -0.3 is 15.8 Å². The highest BCUT2D eigenvalue weighted by atomic mass is 19.1. The molecule has 1 fully saturated rings. The van der Waals surface area contributed by atoms with Gasteiger partial charge in [0.05, 0.1) is 6.10 Å². The van der Waals surface area contributed by atoms with Gasteiger partial charge in [-0.25, -0.2) is 4.39 Å². The SMILES string of the molecule is NCCC(=O)Nc1ccc(OC2CCC2)c(F)c1. The van der Waals surface area contributed by atoms with Crippen molar-refractivity contribution in [2.24, 2.45) is 5.73 Å². The summed E-state index contributed by atoms with van der Waals surface area (Å²) in [6.45, 7) is 0.275. The van der Waals surface area contributed by atoms with Gasteiger partial charge in [0, 0.05) is 24.7 Å². The van der Waals surface area contributed by atoms with E-state index in [-0.39, 0.29) is 30.7 Å². The van der Waals surface area contributed by atoms with Crippen LogP contribution in [-0.2, 0) is 4.79 Å². The van der Waals surface area contributed by atoms with E-state index in [0.717, 1.165) is 19.3 Å². The zero-order chi connectivity index (χ0) is 13.0. The average Bonchev–Trinajstić information content (AvgIpc) is 2.26. The maximum absolute atomic E-state index is 13.7. The summed E-state index contributed by atoms with van der Waals surface area (Å²) in [5.74, 6) is -0.423. The number of carbonyl (C=O) groups is 1. The summed E-state index contributed by atoms with van der Waals surface area (Å²) >= 11 is 0. The van der Waals surface area contributed by atoms with Crippen LogP contribution in [0.15, 0.2) is 18.2 Å². The summed E-state index contributed by atoms with van der Waals surface area (Å²) in [5, 5.41) is 2.58. The molecule has 0 unspecified atom stereocenters. The fourth-order valence-electron chi connectivity index (χ4n) is 1.70. The second-order valence-electron chi connectivity index (χ2n) is 4.40. The number of rotatable bonds is 5. The Morgan fingerprint density at radius 1 is 1.50 bits per heavy atom. The van der Waals surface area contributed by atoms with E-state index < -0.39 is 5.82 Å². The summed E-state index contributed by atoms with van der Waals surface area (Å²) in [6.07, 6.45) is 3.46. The van der Waals surface area contributed by atoms with Gasteiger partial charge in [-0.2, -0.15) is 0 Å². The van der Waals surface area contributed by atoms with Crippen LogP contribution in [0.4, 0.5) is 10.1 Å². The molecule has 1 aromatic rings. The van der Waals surface area contributed by atoms with Crippen molar-refractivity contribution >= 4 is 11.6 Å². The first-order valence-corrected chi connectivity index (χ1v) is 6.15. The molecule has 2 rings (SSSR count). The first-order valence-electron chi connectivity index (χ1n) is 6.15. The first kappa shape index (κ1) is 12.8. The third kappa shape index (κ3) is 3.20. The Labute approximate surface area is 105 Å². The minimum atomic E-state index is -0.451. The number of hydrogen-bond donors (Lipinski definition) is 2. The molecule has 1 aliphatic rings. The Morgan fingerprint density at radius 3 is 2.83 bits per heavy atom. The van der Waals surface area contributed by atoms with Crippen molar-refractivity contribution in [1.29, 1.82) is 0 Å². The Kier molecular flexibility index (Phi) is 4.15. The number of halogens is 1. The molecule has 0 heterocycles. The van der Waals surface area contributed by atoms with Crippen LogP contribution in [0.25, 0.3) is 0 Å². The predicted molar refractivity (Wildman–Crippen MR) is 67.0 cm³/mol. The number of hydrogen-bond acceptors (Lipinski definition) is 3. The number of benzene rings is 1. The van der Waals surface area contributed by atoms with Crippen LogP contribution in [0.2, 0.25) is 0 Å². The van der Waals surface area contributed by atoms with Gasteiger partial charge in [0.2, 0.25) is 5.91 Å². The summed E-state index contributed by atoms with van der Waals surface area (Å²) in [6, 6.07) is 4.44. The van der Waals surface area contributed by atoms with Gasteiger partial charge in [-0.05, 0) is 31.4 Å². The minimum absolute atomic E-state index is 0.136. The molecule has 0 saturated heterocycles. The van der Waals surface area contributed by atoms with Crippen LogP contribution in [0.1, 0.15) is 25.7 Å². The monoisotopic (exact) mass is 252 g/mol. The first-order chi connectivity index (χ1) is 8.69. The molecule has 3 N–H and O–H groups in total. The fraction of sp³-hybridized carbons (Fsp3) is 0.462. The molecule has 1 aromatic carbocycles. The van der Waals surface area contributed by atoms with Gasteiger partial charge in [0.15, 0.2) is 11.6 Å². The summed E-state index contributed by atoms with van der Waals surface area (Å²) < 4.78 is 19.2. The van der Waals surface area contributed by atoms with Crippen molar-refractivity contribution in [2.75, 3.05) is 11.9 Å². The van der Waals surface area contributed by atoms with Gasteiger partial charge >= 0.3 is 0 Å². The van der Waals surface area contributed by atoms with E-state index >= 15 is 0 Å². The highest BCUT2D eigenvalue weighted by Crippen LogP contribution is 2.28. The lowest BCUT2D eigenvalue weighted by Gasteiger charge is -2.26. The Morgan fingerprint density at radius 2 is 2.28 bits per heavy atom. The predicted octanol–water partition coefficient (Wildman–Crippen LogP) is 2.04. The zero-order valence-electron chi connectivity index (χ0n) is 10.1. The Hall–Kier alpha value is -1.62. The molecule has 0 aromatic heterocycles. The van der Waals surface area contributed by atoms with E-state index in [9.17, 15) is 9.18 Å². The maximum Gasteiger partial charge on any atom is 0.225 e. The number of nitrogens with two attached hydrogens (primary N) is 1. The quantitative estimate of drug-likeness (QED) is 0.843. The zero-order valence-corrected chi connectivity index (χ0v) is 10.1. The molecule has 1 aliphatic carbocycles. The van der Waals surface area contributed by atoms with Crippen molar-refractivity contribution < 1.29 is 13.9 Å². The number of carbonyl (C=O) groups excluding carboxylic acids is 1. The fourth-order valence-corrected chi connectivity index (χ4v) is 1.70. The van der Waals surface area contributed by atoms with E-state index in [2.05, 4.69) is 5.32 Å². The van der Waals surface area contributed by atoms with Crippen molar-refractivity contribution in [3.63, 3.8) is 0 Å². The smallest absolute Gasteiger partial charge is 0.225 e. The van der Waals surface area contributed by atoms with Crippen molar-refractivity contribution in [2.45, 2.75) is 31.8 Å². The number of nitrogens with one attached hydrogen (secondary N) is 1. The van der Waals surface area contributed by atoms with E-state index in [1.807, 2.05) is 0 Å². The van der Waals surface area contributed by atoms with E-state index in [0.29, 0.717) is 5.69 Å². The molecular formula is C13H17FN2O2. The average molecular weight is 252 g/mol. The lowest BCUT2D eigenvalue weighted by atomic mass is 9.96. The van der Waals surface area contributed by atoms with Crippen molar-refractivity contribution in [3.8, 4) is 5.75 Å². The molecule has 0 radical (unpaired) electrons. The van der Waals surface area contributed by atoms with Gasteiger partial charge in [0.1, 0.15) is 0 Å². The molecule has 1 amide bonds. The van der Waals surface area contributed by atoms with Crippen LogP contribution in [0.5, 0.6) is 5.75 Å².